The zero-order valence-corrected chi connectivity index (χ0v) is 13.6. The smallest absolute Gasteiger partial charge is 0.325 e. The van der Waals surface area contributed by atoms with Crippen molar-refractivity contribution in [3.8, 4) is 0 Å². The van der Waals surface area contributed by atoms with Gasteiger partial charge in [0.1, 0.15) is 13.2 Å². The van der Waals surface area contributed by atoms with Crippen LogP contribution in [-0.2, 0) is 16.1 Å². The Morgan fingerprint density at radius 2 is 1.83 bits per heavy atom. The van der Waals surface area contributed by atoms with Gasteiger partial charge in [-0.15, -0.1) is 0 Å². The van der Waals surface area contributed by atoms with Crippen LogP contribution in [0.15, 0.2) is 54.6 Å². The number of nitrogens with zero attached hydrogens (tertiary/aromatic N) is 1. The molecule has 2 aromatic rings. The van der Waals surface area contributed by atoms with E-state index in [1.807, 2.05) is 54.6 Å². The zero-order valence-electron chi connectivity index (χ0n) is 13.6. The van der Waals surface area contributed by atoms with E-state index in [0.717, 1.165) is 23.5 Å². The van der Waals surface area contributed by atoms with Crippen LogP contribution in [0.2, 0.25) is 0 Å². The fourth-order valence-corrected chi connectivity index (χ4v) is 2.90. The lowest BCUT2D eigenvalue weighted by Crippen LogP contribution is -2.50. The number of rotatable bonds is 4. The van der Waals surface area contributed by atoms with E-state index in [4.69, 9.17) is 4.74 Å². The minimum Gasteiger partial charge on any atom is -0.459 e. The lowest BCUT2D eigenvalue weighted by molar-refractivity contribution is -0.143. The van der Waals surface area contributed by atoms with Gasteiger partial charge in [-0.2, -0.15) is 0 Å². The third-order valence-electron chi connectivity index (χ3n) is 3.87. The van der Waals surface area contributed by atoms with Gasteiger partial charge in [-0.1, -0.05) is 42.5 Å². The normalized spacial score (nSPS) is 15.5. The molecule has 0 radical (unpaired) electrons. The van der Waals surface area contributed by atoms with E-state index in [-0.39, 0.29) is 18.1 Å². The monoisotopic (exact) mass is 310 g/mol. The van der Waals surface area contributed by atoms with Gasteiger partial charge < -0.3 is 15.0 Å². The minimum absolute atomic E-state index is 0.0892. The quantitative estimate of drug-likeness (QED) is 0.878. The van der Waals surface area contributed by atoms with Crippen molar-refractivity contribution in [2.45, 2.75) is 26.0 Å². The molecule has 0 atom stereocenters. The summed E-state index contributed by atoms with van der Waals surface area (Å²) < 4.78 is 5.41. The maximum Gasteiger partial charge on any atom is 0.325 e. The van der Waals surface area contributed by atoms with E-state index in [2.05, 4.69) is 24.1 Å². The number of para-hydroxylation sites is 2. The lowest BCUT2D eigenvalue weighted by Gasteiger charge is -2.41. The number of carbonyl (C=O) groups excluding carboxylic acids is 1. The van der Waals surface area contributed by atoms with Crippen LogP contribution in [0.3, 0.4) is 0 Å². The molecule has 1 heterocycles. The Labute approximate surface area is 137 Å². The maximum absolute atomic E-state index is 12.2. The predicted octanol–water partition coefficient (Wildman–Crippen LogP) is 3.44. The van der Waals surface area contributed by atoms with Crippen LogP contribution >= 0.6 is 0 Å². The van der Waals surface area contributed by atoms with E-state index in [0.29, 0.717) is 6.61 Å². The molecule has 23 heavy (non-hydrogen) atoms. The second kappa shape index (κ2) is 6.32. The summed E-state index contributed by atoms with van der Waals surface area (Å²) in [5.74, 6) is -0.207. The molecule has 0 fully saturated rings. The topological polar surface area (TPSA) is 41.6 Å². The molecule has 0 saturated carbocycles. The highest BCUT2D eigenvalue weighted by Gasteiger charge is 2.30. The summed E-state index contributed by atoms with van der Waals surface area (Å²) >= 11 is 0. The molecule has 0 unspecified atom stereocenters. The van der Waals surface area contributed by atoms with Crippen molar-refractivity contribution >= 4 is 17.3 Å². The summed E-state index contributed by atoms with van der Waals surface area (Å²) in [4.78, 5) is 14.3. The summed E-state index contributed by atoms with van der Waals surface area (Å²) in [5.41, 5.74) is 3.01. The van der Waals surface area contributed by atoms with Crippen molar-refractivity contribution in [3.05, 3.63) is 60.2 Å². The molecule has 0 bridgehead atoms. The Morgan fingerprint density at radius 1 is 1.13 bits per heavy atom. The largest absolute Gasteiger partial charge is 0.459 e. The van der Waals surface area contributed by atoms with Crippen LogP contribution < -0.4 is 10.2 Å². The molecule has 1 N–H and O–H groups in total. The molecule has 120 valence electrons. The molecule has 0 saturated heterocycles. The molecule has 2 aromatic carbocycles. The number of anilines is 2. The summed E-state index contributed by atoms with van der Waals surface area (Å²) in [6, 6.07) is 17.8. The predicted molar refractivity (Wildman–Crippen MR) is 92.6 cm³/mol. The van der Waals surface area contributed by atoms with Gasteiger partial charge in [-0.25, -0.2) is 0 Å². The maximum atomic E-state index is 12.2. The Kier molecular flexibility index (Phi) is 4.24. The Morgan fingerprint density at radius 3 is 2.61 bits per heavy atom. The molecule has 4 nitrogen and oxygen atoms in total. The van der Waals surface area contributed by atoms with Gasteiger partial charge in [0.15, 0.2) is 0 Å². The second-order valence-electron chi connectivity index (χ2n) is 6.53. The van der Waals surface area contributed by atoms with E-state index >= 15 is 0 Å². The van der Waals surface area contributed by atoms with Crippen molar-refractivity contribution in [1.82, 2.24) is 0 Å². The standard InChI is InChI=1S/C19H22N2O2/c1-19(2)14-21(17-11-7-6-10-16(17)20-19)12-18(22)23-13-15-8-4-3-5-9-15/h3-11,20H,12-14H2,1-2H3. The number of benzene rings is 2. The van der Waals surface area contributed by atoms with E-state index < -0.39 is 0 Å². The molecule has 0 spiro atoms. The molecule has 0 amide bonds. The van der Waals surface area contributed by atoms with Crippen LogP contribution in [0.5, 0.6) is 0 Å². The first-order chi connectivity index (χ1) is 11.0. The fourth-order valence-electron chi connectivity index (χ4n) is 2.90. The molecule has 1 aliphatic heterocycles. The number of hydrogen-bond acceptors (Lipinski definition) is 4. The van der Waals surface area contributed by atoms with Gasteiger partial charge in [0, 0.05) is 12.1 Å². The first-order valence-electron chi connectivity index (χ1n) is 7.85. The average molecular weight is 310 g/mol. The van der Waals surface area contributed by atoms with Crippen molar-refractivity contribution in [2.24, 2.45) is 0 Å². The summed E-state index contributed by atoms with van der Waals surface area (Å²) in [6.45, 7) is 5.59. The zero-order chi connectivity index (χ0) is 16.3. The molecule has 4 heteroatoms. The summed E-state index contributed by atoms with van der Waals surface area (Å²) in [5, 5.41) is 3.50. The third-order valence-corrected chi connectivity index (χ3v) is 3.87. The first kappa shape index (κ1) is 15.4. The number of esters is 1. The van der Waals surface area contributed by atoms with Crippen molar-refractivity contribution in [2.75, 3.05) is 23.3 Å². The highest BCUT2D eigenvalue weighted by Crippen LogP contribution is 2.33. The van der Waals surface area contributed by atoms with Gasteiger partial charge in [0.25, 0.3) is 0 Å². The third kappa shape index (κ3) is 3.83. The van der Waals surface area contributed by atoms with Crippen LogP contribution in [0.1, 0.15) is 19.4 Å². The van der Waals surface area contributed by atoms with E-state index in [9.17, 15) is 4.79 Å². The highest BCUT2D eigenvalue weighted by atomic mass is 16.5. The SMILES string of the molecule is CC1(C)CN(CC(=O)OCc2ccccc2)c2ccccc2N1. The Balaban J connectivity index is 1.66. The van der Waals surface area contributed by atoms with Gasteiger partial charge in [-0.05, 0) is 31.5 Å². The highest BCUT2D eigenvalue weighted by molar-refractivity contribution is 5.81. The van der Waals surface area contributed by atoms with Gasteiger partial charge >= 0.3 is 5.97 Å². The van der Waals surface area contributed by atoms with Crippen molar-refractivity contribution < 1.29 is 9.53 Å². The van der Waals surface area contributed by atoms with Crippen molar-refractivity contribution in [1.29, 1.82) is 0 Å². The fraction of sp³-hybridized carbons (Fsp3) is 0.316. The van der Waals surface area contributed by atoms with Crippen LogP contribution in [0.25, 0.3) is 0 Å². The minimum atomic E-state index is -0.207. The second-order valence-corrected chi connectivity index (χ2v) is 6.53. The number of ether oxygens (including phenoxy) is 1. The number of fused-ring (bicyclic) bond motifs is 1. The summed E-state index contributed by atoms with van der Waals surface area (Å²) in [6.07, 6.45) is 0. The molecular formula is C19H22N2O2. The number of hydrogen-bond donors (Lipinski definition) is 1. The van der Waals surface area contributed by atoms with Gasteiger partial charge in [0.05, 0.1) is 11.4 Å². The van der Waals surface area contributed by atoms with E-state index in [1.54, 1.807) is 0 Å². The molecule has 0 aromatic heterocycles. The number of nitrogens with one attached hydrogen (secondary N) is 1. The molecule has 1 aliphatic rings. The number of carbonyl (C=O) groups is 1. The van der Waals surface area contributed by atoms with Gasteiger partial charge in [-0.3, -0.25) is 4.79 Å². The summed E-state index contributed by atoms with van der Waals surface area (Å²) in [7, 11) is 0. The average Bonchev–Trinajstić information content (AvgIpc) is 2.53. The van der Waals surface area contributed by atoms with Crippen molar-refractivity contribution in [3.63, 3.8) is 0 Å². The van der Waals surface area contributed by atoms with Gasteiger partial charge in [0.2, 0.25) is 0 Å². The van der Waals surface area contributed by atoms with E-state index in [1.165, 1.54) is 0 Å². The molecular weight excluding hydrogens is 288 g/mol. The Hall–Kier alpha value is -2.49. The molecule has 3 rings (SSSR count). The van der Waals surface area contributed by atoms with Crippen LogP contribution in [0, 0.1) is 0 Å². The van der Waals surface area contributed by atoms with Crippen LogP contribution in [-0.4, -0.2) is 24.6 Å². The first-order valence-corrected chi connectivity index (χ1v) is 7.85. The lowest BCUT2D eigenvalue weighted by atomic mass is 9.99. The Bertz CT molecular complexity index is 683. The van der Waals surface area contributed by atoms with Crippen LogP contribution in [0.4, 0.5) is 11.4 Å². The molecule has 0 aliphatic carbocycles.